The average Bonchev–Trinajstić information content (AvgIpc) is 1.01. The predicted octanol–water partition coefficient (Wildman–Crippen LogP) is 25.2. The maximum absolute atomic E-state index is 13.1. The van der Waals surface area contributed by atoms with Gasteiger partial charge in [-0.1, -0.05) is 394 Å². The van der Waals surface area contributed by atoms with Gasteiger partial charge in [0.15, 0.2) is 12.2 Å². The Bertz CT molecular complexity index is 1950. The second-order valence-electron chi connectivity index (χ2n) is 30.1. The summed E-state index contributed by atoms with van der Waals surface area (Å²) in [4.78, 5) is 73.1. The lowest BCUT2D eigenvalue weighted by molar-refractivity contribution is -0.161. The highest BCUT2D eigenvalue weighted by atomic mass is 31.2. The first-order valence-electron chi connectivity index (χ1n) is 43.2. The van der Waals surface area contributed by atoms with E-state index in [4.69, 9.17) is 37.0 Å². The fourth-order valence-corrected chi connectivity index (χ4v) is 14.5. The largest absolute Gasteiger partial charge is 0.472 e. The van der Waals surface area contributed by atoms with Crippen LogP contribution < -0.4 is 0 Å². The summed E-state index contributed by atoms with van der Waals surface area (Å²) in [5.41, 5.74) is 0. The SMILES string of the molecule is CCCCCCCCCCCCCCCCCCCCCC(=O)O[C@H](COC(=O)CCCCCCCCCCCCCCCCC(C)CC)COP(=O)(O)OC[C@@H](O)COP(=O)(O)OC[C@@H](COC(=O)CCCCCCCCCCCCC)OC(=O)CCCCCCCCCCCCCCCC. The molecule has 0 amide bonds. The molecule has 606 valence electrons. The Balaban J connectivity index is 5.24. The summed E-state index contributed by atoms with van der Waals surface area (Å²) in [5, 5.41) is 10.7. The lowest BCUT2D eigenvalue weighted by Gasteiger charge is -2.21. The lowest BCUT2D eigenvalue weighted by Crippen LogP contribution is -2.30. The van der Waals surface area contributed by atoms with Gasteiger partial charge in [0.25, 0.3) is 0 Å². The third-order valence-electron chi connectivity index (χ3n) is 19.9. The molecule has 0 saturated carbocycles. The van der Waals surface area contributed by atoms with Crippen molar-refractivity contribution in [2.75, 3.05) is 39.6 Å². The Kier molecular flexibility index (Phi) is 74.4. The number of rotatable bonds is 83. The van der Waals surface area contributed by atoms with Gasteiger partial charge in [0.1, 0.15) is 19.3 Å². The summed E-state index contributed by atoms with van der Waals surface area (Å²) >= 11 is 0. The van der Waals surface area contributed by atoms with Crippen LogP contribution in [0.4, 0.5) is 0 Å². The maximum Gasteiger partial charge on any atom is 0.472 e. The van der Waals surface area contributed by atoms with Crippen molar-refractivity contribution in [1.29, 1.82) is 0 Å². The van der Waals surface area contributed by atoms with Gasteiger partial charge in [-0.2, -0.15) is 0 Å². The normalized spacial score (nSPS) is 14.1. The van der Waals surface area contributed by atoms with E-state index in [2.05, 4.69) is 34.6 Å². The highest BCUT2D eigenvalue weighted by Gasteiger charge is 2.30. The van der Waals surface area contributed by atoms with Crippen molar-refractivity contribution >= 4 is 39.5 Å². The molecular weight excluding hydrogens is 1330 g/mol. The lowest BCUT2D eigenvalue weighted by atomic mass is 9.99. The van der Waals surface area contributed by atoms with Crippen molar-refractivity contribution < 1.29 is 80.2 Å². The molecule has 0 aromatic carbocycles. The van der Waals surface area contributed by atoms with Gasteiger partial charge in [0.2, 0.25) is 0 Å². The Morgan fingerprint density at radius 1 is 0.275 bits per heavy atom. The summed E-state index contributed by atoms with van der Waals surface area (Å²) in [6.45, 7) is 7.40. The number of hydrogen-bond acceptors (Lipinski definition) is 15. The summed E-state index contributed by atoms with van der Waals surface area (Å²) in [5.74, 6) is -1.25. The van der Waals surface area contributed by atoms with E-state index < -0.39 is 97.5 Å². The van der Waals surface area contributed by atoms with Crippen molar-refractivity contribution in [3.63, 3.8) is 0 Å². The molecule has 0 aromatic rings. The molecule has 0 saturated heterocycles. The number of aliphatic hydroxyl groups is 1. The second kappa shape index (κ2) is 75.9. The first-order chi connectivity index (χ1) is 49.6. The molecular formula is C83H162O17P2. The first kappa shape index (κ1) is 100. The standard InChI is InChI=1S/C83H162O17P2/c1-6-10-13-16-19-22-25-27-29-30-31-32-33-39-44-49-54-59-64-69-83(88)100-79(73-94-81(86)67-62-57-52-47-42-38-35-34-36-41-45-50-55-60-65-76(5)9-4)75-98-102(91,92)96-71-77(84)70-95-101(89,90)97-74-78(72-93-80(85)66-61-56-51-46-40-24-21-18-15-12-8-3)99-82(87)68-63-58-53-48-43-37-28-26-23-20-17-14-11-7-2/h76-79,84H,6-75H2,1-5H3,(H,89,90)(H,91,92)/t76?,77-,78+,79+/m0/s1. The van der Waals surface area contributed by atoms with Gasteiger partial charge < -0.3 is 33.8 Å². The molecule has 17 nitrogen and oxygen atoms in total. The molecule has 3 N–H and O–H groups in total. The van der Waals surface area contributed by atoms with Crippen molar-refractivity contribution in [3.8, 4) is 0 Å². The van der Waals surface area contributed by atoms with Gasteiger partial charge in [-0.3, -0.25) is 37.3 Å². The molecule has 3 unspecified atom stereocenters. The Morgan fingerprint density at radius 2 is 0.471 bits per heavy atom. The number of phosphoric acid groups is 2. The van der Waals surface area contributed by atoms with E-state index in [1.165, 1.54) is 270 Å². The van der Waals surface area contributed by atoms with Crippen LogP contribution in [0.3, 0.4) is 0 Å². The minimum atomic E-state index is -4.96. The molecule has 0 aliphatic heterocycles. The first-order valence-corrected chi connectivity index (χ1v) is 46.2. The predicted molar refractivity (Wildman–Crippen MR) is 418 cm³/mol. The quantitative estimate of drug-likeness (QED) is 0.0222. The molecule has 0 aliphatic carbocycles. The molecule has 0 spiro atoms. The van der Waals surface area contributed by atoms with E-state index in [9.17, 15) is 43.2 Å². The van der Waals surface area contributed by atoms with Gasteiger partial charge in [-0.05, 0) is 31.6 Å². The van der Waals surface area contributed by atoms with Crippen LogP contribution in [-0.4, -0.2) is 96.7 Å². The molecule has 0 aliphatic rings. The van der Waals surface area contributed by atoms with Gasteiger partial charge in [-0.25, -0.2) is 9.13 Å². The van der Waals surface area contributed by atoms with Gasteiger partial charge in [-0.15, -0.1) is 0 Å². The summed E-state index contributed by atoms with van der Waals surface area (Å²) in [6.07, 6.45) is 67.8. The van der Waals surface area contributed by atoms with Crippen LogP contribution in [-0.2, 0) is 65.4 Å². The van der Waals surface area contributed by atoms with Crippen molar-refractivity contribution in [2.45, 2.75) is 464 Å². The van der Waals surface area contributed by atoms with Gasteiger partial charge in [0.05, 0.1) is 26.4 Å². The molecule has 0 bridgehead atoms. The molecule has 0 heterocycles. The van der Waals surface area contributed by atoms with Crippen LogP contribution >= 0.6 is 15.6 Å². The van der Waals surface area contributed by atoms with E-state index >= 15 is 0 Å². The number of aliphatic hydroxyl groups excluding tert-OH is 1. The van der Waals surface area contributed by atoms with E-state index in [-0.39, 0.29) is 25.7 Å². The van der Waals surface area contributed by atoms with Crippen molar-refractivity contribution in [2.24, 2.45) is 5.92 Å². The monoisotopic (exact) mass is 1490 g/mol. The fraction of sp³-hybridized carbons (Fsp3) is 0.952. The Hall–Kier alpha value is -1.94. The number of carbonyl (C=O) groups excluding carboxylic acids is 4. The van der Waals surface area contributed by atoms with Crippen LogP contribution in [0.2, 0.25) is 0 Å². The highest BCUT2D eigenvalue weighted by molar-refractivity contribution is 7.47. The third kappa shape index (κ3) is 74.9. The molecule has 0 rings (SSSR count). The second-order valence-corrected chi connectivity index (χ2v) is 33.0. The van der Waals surface area contributed by atoms with Crippen molar-refractivity contribution in [1.82, 2.24) is 0 Å². The van der Waals surface area contributed by atoms with Crippen LogP contribution in [0.15, 0.2) is 0 Å². The minimum absolute atomic E-state index is 0.109. The summed E-state index contributed by atoms with van der Waals surface area (Å²) in [7, 11) is -9.92. The zero-order chi connectivity index (χ0) is 74.8. The Morgan fingerprint density at radius 3 is 0.696 bits per heavy atom. The summed E-state index contributed by atoms with van der Waals surface area (Å²) < 4.78 is 68.8. The van der Waals surface area contributed by atoms with E-state index in [1.807, 2.05) is 0 Å². The van der Waals surface area contributed by atoms with Crippen LogP contribution in [0.25, 0.3) is 0 Å². The molecule has 19 heteroatoms. The van der Waals surface area contributed by atoms with Crippen LogP contribution in [0.5, 0.6) is 0 Å². The zero-order valence-corrected chi connectivity index (χ0v) is 68.5. The average molecular weight is 1490 g/mol. The smallest absolute Gasteiger partial charge is 0.462 e. The number of unbranched alkanes of at least 4 members (excludes halogenated alkanes) is 54. The number of phosphoric ester groups is 2. The number of carbonyl (C=O) groups is 4. The van der Waals surface area contributed by atoms with Crippen LogP contribution in [0.1, 0.15) is 446 Å². The maximum atomic E-state index is 13.1. The number of hydrogen-bond donors (Lipinski definition) is 3. The molecule has 6 atom stereocenters. The molecule has 0 radical (unpaired) electrons. The Labute approximate surface area is 626 Å². The third-order valence-corrected chi connectivity index (χ3v) is 21.8. The molecule has 102 heavy (non-hydrogen) atoms. The molecule has 0 aromatic heterocycles. The number of esters is 4. The van der Waals surface area contributed by atoms with Gasteiger partial charge >= 0.3 is 39.5 Å². The molecule has 0 fully saturated rings. The number of ether oxygens (including phenoxy) is 4. The highest BCUT2D eigenvalue weighted by Crippen LogP contribution is 2.45. The van der Waals surface area contributed by atoms with Crippen molar-refractivity contribution in [3.05, 3.63) is 0 Å². The van der Waals surface area contributed by atoms with E-state index in [0.717, 1.165) is 95.8 Å². The topological polar surface area (TPSA) is 237 Å². The van der Waals surface area contributed by atoms with E-state index in [1.54, 1.807) is 0 Å². The van der Waals surface area contributed by atoms with E-state index in [0.29, 0.717) is 25.7 Å². The zero-order valence-electron chi connectivity index (χ0n) is 66.8. The van der Waals surface area contributed by atoms with Crippen LogP contribution in [0, 0.1) is 5.92 Å². The fourth-order valence-electron chi connectivity index (χ4n) is 12.9. The summed E-state index contributed by atoms with van der Waals surface area (Å²) in [6, 6.07) is 0. The minimum Gasteiger partial charge on any atom is -0.462 e. The van der Waals surface area contributed by atoms with Gasteiger partial charge in [0, 0.05) is 25.7 Å².